The third kappa shape index (κ3) is 3.22. The lowest BCUT2D eigenvalue weighted by atomic mass is 9.85. The van der Waals surface area contributed by atoms with Gasteiger partial charge in [0.1, 0.15) is 5.76 Å². The van der Waals surface area contributed by atoms with E-state index in [1.54, 1.807) is 16.2 Å². The molecular weight excluding hydrogens is 374 g/mol. The summed E-state index contributed by atoms with van der Waals surface area (Å²) in [5, 5.41) is 1.96. The maximum absolute atomic E-state index is 13.2. The lowest BCUT2D eigenvalue weighted by molar-refractivity contribution is -0.121. The fraction of sp³-hybridized carbons (Fsp3) is 0.286. The van der Waals surface area contributed by atoms with Crippen molar-refractivity contribution < 1.29 is 14.0 Å². The van der Waals surface area contributed by atoms with E-state index < -0.39 is 0 Å². The van der Waals surface area contributed by atoms with Gasteiger partial charge in [0.15, 0.2) is 0 Å². The second-order valence-corrected chi connectivity index (χ2v) is 7.99. The maximum atomic E-state index is 13.2. The minimum absolute atomic E-state index is 0.0722. The van der Waals surface area contributed by atoms with E-state index in [2.05, 4.69) is 4.98 Å². The summed E-state index contributed by atoms with van der Waals surface area (Å²) < 4.78 is 5.76. The summed E-state index contributed by atoms with van der Waals surface area (Å²) in [5.74, 6) is 0.367. The zero-order chi connectivity index (χ0) is 19.8. The number of thiophene rings is 1. The first-order valence-corrected chi connectivity index (χ1v) is 10.0. The summed E-state index contributed by atoms with van der Waals surface area (Å²) >= 11 is 1.54. The van der Waals surface area contributed by atoms with Crippen molar-refractivity contribution in [2.75, 3.05) is 4.90 Å². The highest BCUT2D eigenvalue weighted by molar-refractivity contribution is 7.13. The van der Waals surface area contributed by atoms with Crippen LogP contribution in [0.5, 0.6) is 0 Å². The summed E-state index contributed by atoms with van der Waals surface area (Å²) in [5.41, 5.74) is 7.78. The molecule has 0 aliphatic carbocycles. The number of oxazole rings is 1. The Balaban J connectivity index is 1.63. The predicted octanol–water partition coefficient (Wildman–Crippen LogP) is 3.65. The SMILES string of the molecule is Cc1oc(-c2cccs2)nc1CC(=O)N1c2ccccc2[C@@H](C(N)=O)C[C@H]1C. The Bertz CT molecular complexity index is 1030. The predicted molar refractivity (Wildman–Crippen MR) is 108 cm³/mol. The van der Waals surface area contributed by atoms with E-state index in [-0.39, 0.29) is 30.2 Å². The minimum Gasteiger partial charge on any atom is -0.440 e. The number of amides is 2. The number of aryl methyl sites for hydroxylation is 1. The zero-order valence-corrected chi connectivity index (χ0v) is 16.5. The van der Waals surface area contributed by atoms with Crippen molar-refractivity contribution in [1.29, 1.82) is 0 Å². The van der Waals surface area contributed by atoms with Crippen LogP contribution in [0.1, 0.15) is 36.3 Å². The number of primary amides is 1. The molecule has 6 nitrogen and oxygen atoms in total. The van der Waals surface area contributed by atoms with Gasteiger partial charge in [-0.15, -0.1) is 11.3 Å². The number of hydrogen-bond acceptors (Lipinski definition) is 5. The van der Waals surface area contributed by atoms with Gasteiger partial charge in [-0.3, -0.25) is 9.59 Å². The van der Waals surface area contributed by atoms with E-state index in [1.165, 1.54) is 0 Å². The summed E-state index contributed by atoms with van der Waals surface area (Å²) in [7, 11) is 0. The van der Waals surface area contributed by atoms with Crippen molar-refractivity contribution in [3.63, 3.8) is 0 Å². The summed E-state index contributed by atoms with van der Waals surface area (Å²) in [6.07, 6.45) is 0.650. The fourth-order valence-corrected chi connectivity index (χ4v) is 4.44. The molecule has 2 amide bonds. The Kier molecular flexibility index (Phi) is 4.77. The van der Waals surface area contributed by atoms with Crippen molar-refractivity contribution in [2.45, 2.75) is 38.6 Å². The second kappa shape index (κ2) is 7.24. The van der Waals surface area contributed by atoms with Crippen LogP contribution in [0.4, 0.5) is 5.69 Å². The normalized spacial score (nSPS) is 18.7. The number of anilines is 1. The van der Waals surface area contributed by atoms with Gasteiger partial charge in [0, 0.05) is 11.7 Å². The molecule has 144 valence electrons. The van der Waals surface area contributed by atoms with Gasteiger partial charge in [0.05, 0.1) is 22.9 Å². The van der Waals surface area contributed by atoms with Gasteiger partial charge in [0.25, 0.3) is 0 Å². The highest BCUT2D eigenvalue weighted by Crippen LogP contribution is 2.38. The van der Waals surface area contributed by atoms with E-state index in [9.17, 15) is 9.59 Å². The van der Waals surface area contributed by atoms with Crippen molar-refractivity contribution in [3.8, 4) is 10.8 Å². The van der Waals surface area contributed by atoms with Gasteiger partial charge in [-0.05, 0) is 43.3 Å². The Hall–Kier alpha value is -2.93. The molecule has 0 saturated carbocycles. The molecule has 0 fully saturated rings. The van der Waals surface area contributed by atoms with Crippen LogP contribution in [0.2, 0.25) is 0 Å². The standard InChI is InChI=1S/C21H21N3O3S/c1-12-10-15(20(22)26)14-6-3-4-7-17(14)24(12)19(25)11-16-13(2)27-21(23-16)18-8-5-9-28-18/h3-9,12,15H,10-11H2,1-2H3,(H2,22,26)/t12-,15+/m1/s1. The van der Waals surface area contributed by atoms with E-state index >= 15 is 0 Å². The Morgan fingerprint density at radius 2 is 2.07 bits per heavy atom. The molecule has 0 radical (unpaired) electrons. The minimum atomic E-state index is -0.380. The first kappa shape index (κ1) is 18.4. The molecule has 1 aliphatic rings. The number of fused-ring (bicyclic) bond motifs is 1. The van der Waals surface area contributed by atoms with Crippen LogP contribution in [0.3, 0.4) is 0 Å². The molecule has 4 rings (SSSR count). The van der Waals surface area contributed by atoms with Gasteiger partial charge < -0.3 is 15.1 Å². The van der Waals surface area contributed by atoms with E-state index in [4.69, 9.17) is 10.2 Å². The average molecular weight is 395 g/mol. The quantitative estimate of drug-likeness (QED) is 0.730. The number of nitrogens with zero attached hydrogens (tertiary/aromatic N) is 2. The number of carbonyl (C=O) groups is 2. The van der Waals surface area contributed by atoms with E-state index in [0.717, 1.165) is 16.1 Å². The lowest BCUT2D eigenvalue weighted by Gasteiger charge is -2.38. The third-order valence-electron chi connectivity index (χ3n) is 5.14. The van der Waals surface area contributed by atoms with Crippen molar-refractivity contribution in [1.82, 2.24) is 4.98 Å². The molecule has 0 saturated heterocycles. The third-order valence-corrected chi connectivity index (χ3v) is 6.00. The van der Waals surface area contributed by atoms with Crippen LogP contribution < -0.4 is 10.6 Å². The zero-order valence-electron chi connectivity index (χ0n) is 15.7. The molecule has 28 heavy (non-hydrogen) atoms. The molecule has 2 N–H and O–H groups in total. The second-order valence-electron chi connectivity index (χ2n) is 7.04. The van der Waals surface area contributed by atoms with Gasteiger partial charge >= 0.3 is 0 Å². The number of para-hydroxylation sites is 1. The topological polar surface area (TPSA) is 89.4 Å². The Morgan fingerprint density at radius 1 is 1.29 bits per heavy atom. The highest BCUT2D eigenvalue weighted by Gasteiger charge is 2.36. The monoisotopic (exact) mass is 395 g/mol. The van der Waals surface area contributed by atoms with Crippen LogP contribution >= 0.6 is 11.3 Å². The van der Waals surface area contributed by atoms with Gasteiger partial charge in [0.2, 0.25) is 17.7 Å². The maximum Gasteiger partial charge on any atom is 0.236 e. The molecule has 2 atom stereocenters. The van der Waals surface area contributed by atoms with Crippen LogP contribution in [0, 0.1) is 6.92 Å². The Labute approximate surface area is 167 Å². The summed E-state index contributed by atoms with van der Waals surface area (Å²) in [4.78, 5) is 32.3. The van der Waals surface area contributed by atoms with Crippen molar-refractivity contribution in [3.05, 3.63) is 58.8 Å². The number of aromatic nitrogens is 1. The number of hydrogen-bond donors (Lipinski definition) is 1. The molecule has 0 bridgehead atoms. The van der Waals surface area contributed by atoms with Gasteiger partial charge in [-0.1, -0.05) is 24.3 Å². The molecule has 3 heterocycles. The first-order chi connectivity index (χ1) is 13.5. The fourth-order valence-electron chi connectivity index (χ4n) is 3.79. The number of carbonyl (C=O) groups excluding carboxylic acids is 2. The molecule has 1 aliphatic heterocycles. The smallest absolute Gasteiger partial charge is 0.236 e. The molecule has 0 spiro atoms. The van der Waals surface area contributed by atoms with Gasteiger partial charge in [-0.25, -0.2) is 4.98 Å². The molecule has 1 aromatic carbocycles. The molecule has 2 aromatic heterocycles. The first-order valence-electron chi connectivity index (χ1n) is 9.16. The summed E-state index contributed by atoms with van der Waals surface area (Å²) in [6.45, 7) is 3.76. The lowest BCUT2D eigenvalue weighted by Crippen LogP contribution is -2.46. The van der Waals surface area contributed by atoms with Crippen LogP contribution in [-0.2, 0) is 16.0 Å². The van der Waals surface area contributed by atoms with Crippen LogP contribution in [-0.4, -0.2) is 22.8 Å². The molecular formula is C21H21N3O3S. The van der Waals surface area contributed by atoms with Crippen molar-refractivity contribution in [2.24, 2.45) is 5.73 Å². The van der Waals surface area contributed by atoms with E-state index in [1.807, 2.05) is 55.6 Å². The number of nitrogens with two attached hydrogens (primary N) is 1. The van der Waals surface area contributed by atoms with Gasteiger partial charge in [-0.2, -0.15) is 0 Å². The van der Waals surface area contributed by atoms with Crippen molar-refractivity contribution >= 4 is 28.8 Å². The average Bonchev–Trinajstić information content (AvgIpc) is 3.31. The molecule has 0 unspecified atom stereocenters. The van der Waals surface area contributed by atoms with Crippen LogP contribution in [0.25, 0.3) is 10.8 Å². The summed E-state index contributed by atoms with van der Waals surface area (Å²) in [6, 6.07) is 11.2. The van der Waals surface area contributed by atoms with Crippen LogP contribution in [0.15, 0.2) is 46.2 Å². The largest absolute Gasteiger partial charge is 0.440 e. The number of benzene rings is 1. The Morgan fingerprint density at radius 3 is 2.79 bits per heavy atom. The van der Waals surface area contributed by atoms with E-state index in [0.29, 0.717) is 23.8 Å². The molecule has 3 aromatic rings. The molecule has 7 heteroatoms. The highest BCUT2D eigenvalue weighted by atomic mass is 32.1. The number of rotatable bonds is 4.